The third-order valence-corrected chi connectivity index (χ3v) is 4.41. The van der Waals surface area contributed by atoms with Crippen LogP contribution in [0.25, 0.3) is 10.7 Å². The molecule has 0 saturated carbocycles. The van der Waals surface area contributed by atoms with E-state index in [0.29, 0.717) is 16.4 Å². The molecule has 2 aromatic heterocycles. The molecule has 0 bridgehead atoms. The number of nitrogens with zero attached hydrogens (tertiary/aromatic N) is 3. The van der Waals surface area contributed by atoms with E-state index >= 15 is 0 Å². The van der Waals surface area contributed by atoms with Gasteiger partial charge in [0.25, 0.3) is 0 Å². The van der Waals surface area contributed by atoms with Gasteiger partial charge < -0.3 is 9.84 Å². The van der Waals surface area contributed by atoms with Gasteiger partial charge in [-0.25, -0.2) is 14.5 Å². The van der Waals surface area contributed by atoms with Gasteiger partial charge in [-0.05, 0) is 32.0 Å². The fourth-order valence-electron chi connectivity index (χ4n) is 2.11. The first-order valence-corrected chi connectivity index (χ1v) is 7.84. The molecule has 1 aromatic carbocycles. The first-order valence-electron chi connectivity index (χ1n) is 7.02. The van der Waals surface area contributed by atoms with E-state index in [9.17, 15) is 4.79 Å². The summed E-state index contributed by atoms with van der Waals surface area (Å²) in [5.74, 6) is -0.207. The van der Waals surface area contributed by atoms with Gasteiger partial charge in [-0.2, -0.15) is 5.10 Å². The van der Waals surface area contributed by atoms with Gasteiger partial charge in [0.15, 0.2) is 6.23 Å². The Labute approximate surface area is 137 Å². The van der Waals surface area contributed by atoms with E-state index < -0.39 is 5.97 Å². The Bertz CT molecular complexity index is 826. The van der Waals surface area contributed by atoms with Crippen molar-refractivity contribution >= 4 is 17.3 Å². The Balaban J connectivity index is 1.80. The predicted molar refractivity (Wildman–Crippen MR) is 86.8 cm³/mol. The molecule has 118 valence electrons. The molecule has 3 rings (SSSR count). The maximum Gasteiger partial charge on any atom is 0.347 e. The van der Waals surface area contributed by atoms with Crippen LogP contribution in [0, 0.1) is 6.92 Å². The van der Waals surface area contributed by atoms with Gasteiger partial charge in [0.2, 0.25) is 0 Å². The summed E-state index contributed by atoms with van der Waals surface area (Å²) in [6, 6.07) is 11.3. The molecule has 1 atom stereocenters. The Hall–Kier alpha value is -2.67. The van der Waals surface area contributed by atoms with E-state index in [2.05, 4.69) is 10.1 Å². The largest absolute Gasteiger partial charge is 0.477 e. The minimum atomic E-state index is -0.966. The molecule has 0 aliphatic rings. The van der Waals surface area contributed by atoms with Crippen LogP contribution in [0.1, 0.15) is 28.5 Å². The standard InChI is InChI=1S/C16H15N3O3S/c1-10-14(16(20)21)23-15(17-10)13-8-9-19(18-13)11(2)22-12-6-4-3-5-7-12/h3-9,11H,1-2H3,(H,20,21). The van der Waals surface area contributed by atoms with Gasteiger partial charge >= 0.3 is 5.97 Å². The van der Waals surface area contributed by atoms with E-state index in [1.807, 2.05) is 37.3 Å². The molecule has 7 heteroatoms. The summed E-state index contributed by atoms with van der Waals surface area (Å²) in [5.41, 5.74) is 1.13. The average Bonchev–Trinajstić information content (AvgIpc) is 3.14. The highest BCUT2D eigenvalue weighted by molar-refractivity contribution is 7.17. The fourth-order valence-corrected chi connectivity index (χ4v) is 2.98. The van der Waals surface area contributed by atoms with Gasteiger partial charge in [0.1, 0.15) is 21.3 Å². The van der Waals surface area contributed by atoms with Crippen molar-refractivity contribution in [2.24, 2.45) is 0 Å². The summed E-state index contributed by atoms with van der Waals surface area (Å²) in [6.45, 7) is 3.57. The van der Waals surface area contributed by atoms with Crippen molar-refractivity contribution in [3.05, 3.63) is 53.2 Å². The van der Waals surface area contributed by atoms with Crippen molar-refractivity contribution in [2.75, 3.05) is 0 Å². The highest BCUT2D eigenvalue weighted by Gasteiger charge is 2.17. The Morgan fingerprint density at radius 1 is 1.30 bits per heavy atom. The lowest BCUT2D eigenvalue weighted by molar-refractivity contribution is 0.0701. The zero-order valence-corrected chi connectivity index (χ0v) is 13.4. The van der Waals surface area contributed by atoms with Crippen LogP contribution >= 0.6 is 11.3 Å². The third kappa shape index (κ3) is 3.24. The number of hydrogen-bond acceptors (Lipinski definition) is 5. The van der Waals surface area contributed by atoms with Crippen LogP contribution in [0.4, 0.5) is 0 Å². The van der Waals surface area contributed by atoms with E-state index in [-0.39, 0.29) is 11.1 Å². The van der Waals surface area contributed by atoms with Gasteiger partial charge in [-0.15, -0.1) is 11.3 Å². The van der Waals surface area contributed by atoms with Gasteiger partial charge in [0.05, 0.1) is 5.69 Å². The lowest BCUT2D eigenvalue weighted by Gasteiger charge is -2.14. The summed E-state index contributed by atoms with van der Waals surface area (Å²) >= 11 is 1.12. The molecular formula is C16H15N3O3S. The van der Waals surface area contributed by atoms with E-state index in [1.165, 1.54) is 0 Å². The highest BCUT2D eigenvalue weighted by atomic mass is 32.1. The maximum atomic E-state index is 11.1. The molecule has 1 N–H and O–H groups in total. The monoisotopic (exact) mass is 329 g/mol. The van der Waals surface area contributed by atoms with Crippen molar-refractivity contribution in [2.45, 2.75) is 20.1 Å². The molecule has 6 nitrogen and oxygen atoms in total. The van der Waals surface area contributed by atoms with Crippen molar-refractivity contribution in [1.29, 1.82) is 0 Å². The zero-order chi connectivity index (χ0) is 16.4. The Morgan fingerprint density at radius 3 is 2.70 bits per heavy atom. The second-order valence-electron chi connectivity index (χ2n) is 4.95. The van der Waals surface area contributed by atoms with Gasteiger partial charge in [-0.1, -0.05) is 18.2 Å². The van der Waals surface area contributed by atoms with Gasteiger partial charge in [-0.3, -0.25) is 0 Å². The number of benzene rings is 1. The molecule has 0 radical (unpaired) electrons. The number of para-hydroxylation sites is 1. The van der Waals surface area contributed by atoms with Crippen molar-refractivity contribution in [3.63, 3.8) is 0 Å². The van der Waals surface area contributed by atoms with E-state index in [4.69, 9.17) is 9.84 Å². The second kappa shape index (κ2) is 6.21. The number of carboxylic acid groups (broad SMARTS) is 1. The molecule has 0 amide bonds. The Kier molecular flexibility index (Phi) is 4.12. The van der Waals surface area contributed by atoms with Crippen LogP contribution in [0.2, 0.25) is 0 Å². The molecule has 23 heavy (non-hydrogen) atoms. The van der Waals surface area contributed by atoms with E-state index in [1.54, 1.807) is 23.9 Å². The quantitative estimate of drug-likeness (QED) is 0.773. The van der Waals surface area contributed by atoms with Crippen LogP contribution in [0.3, 0.4) is 0 Å². The molecule has 0 aliphatic carbocycles. The minimum Gasteiger partial charge on any atom is -0.477 e. The number of aromatic nitrogens is 3. The average molecular weight is 329 g/mol. The smallest absolute Gasteiger partial charge is 0.347 e. The lowest BCUT2D eigenvalue weighted by Crippen LogP contribution is -2.12. The first kappa shape index (κ1) is 15.2. The number of aromatic carboxylic acids is 1. The van der Waals surface area contributed by atoms with Crippen molar-refractivity contribution in [3.8, 4) is 16.5 Å². The summed E-state index contributed by atoms with van der Waals surface area (Å²) in [4.78, 5) is 15.6. The molecule has 3 aromatic rings. The van der Waals surface area contributed by atoms with Crippen LogP contribution in [0.15, 0.2) is 42.6 Å². The van der Waals surface area contributed by atoms with Crippen LogP contribution in [-0.2, 0) is 0 Å². The zero-order valence-electron chi connectivity index (χ0n) is 12.6. The molecule has 0 aliphatic heterocycles. The number of ether oxygens (including phenoxy) is 1. The molecule has 0 fully saturated rings. The first-order chi connectivity index (χ1) is 11.0. The van der Waals surface area contributed by atoms with Crippen LogP contribution in [0.5, 0.6) is 5.75 Å². The lowest BCUT2D eigenvalue weighted by atomic mass is 10.3. The number of carboxylic acids is 1. The SMILES string of the molecule is Cc1nc(-c2ccn(C(C)Oc3ccccc3)n2)sc1C(=O)O. The number of rotatable bonds is 5. The molecule has 0 saturated heterocycles. The number of thiazole rings is 1. The minimum absolute atomic E-state index is 0.239. The second-order valence-corrected chi connectivity index (χ2v) is 5.95. The Morgan fingerprint density at radius 2 is 2.04 bits per heavy atom. The van der Waals surface area contributed by atoms with Crippen molar-refractivity contribution < 1.29 is 14.6 Å². The normalized spacial score (nSPS) is 12.1. The summed E-state index contributed by atoms with van der Waals surface area (Å²) in [6.07, 6.45) is 1.51. The highest BCUT2D eigenvalue weighted by Crippen LogP contribution is 2.27. The molecular weight excluding hydrogens is 314 g/mol. The van der Waals surface area contributed by atoms with Crippen LogP contribution in [-0.4, -0.2) is 25.8 Å². The fraction of sp³-hybridized carbons (Fsp3) is 0.188. The molecule has 2 heterocycles. The summed E-state index contributed by atoms with van der Waals surface area (Å²) < 4.78 is 7.49. The summed E-state index contributed by atoms with van der Waals surface area (Å²) in [7, 11) is 0. The summed E-state index contributed by atoms with van der Waals surface area (Å²) in [5, 5.41) is 14.1. The number of aryl methyl sites for hydroxylation is 1. The predicted octanol–water partition coefficient (Wildman–Crippen LogP) is 3.61. The van der Waals surface area contributed by atoms with Crippen LogP contribution < -0.4 is 4.74 Å². The van der Waals surface area contributed by atoms with Gasteiger partial charge in [0, 0.05) is 6.20 Å². The third-order valence-electron chi connectivity index (χ3n) is 3.24. The number of carbonyl (C=O) groups is 1. The topological polar surface area (TPSA) is 77.2 Å². The maximum absolute atomic E-state index is 11.1. The molecule has 1 unspecified atom stereocenters. The van der Waals surface area contributed by atoms with Crippen molar-refractivity contribution in [1.82, 2.24) is 14.8 Å². The van der Waals surface area contributed by atoms with E-state index in [0.717, 1.165) is 17.1 Å². The number of hydrogen-bond donors (Lipinski definition) is 1. The molecule has 0 spiro atoms.